The van der Waals surface area contributed by atoms with Crippen molar-refractivity contribution < 1.29 is 4.79 Å². The zero-order valence-electron chi connectivity index (χ0n) is 15.0. The maximum Gasteiger partial charge on any atom is 0.225 e. The van der Waals surface area contributed by atoms with Crippen molar-refractivity contribution in [2.45, 2.75) is 38.6 Å². The highest BCUT2D eigenvalue weighted by Crippen LogP contribution is 2.34. The predicted octanol–water partition coefficient (Wildman–Crippen LogP) is 2.31. The van der Waals surface area contributed by atoms with Crippen LogP contribution in [0, 0.1) is 11.8 Å². The highest BCUT2D eigenvalue weighted by atomic mass is 16.2. The van der Waals surface area contributed by atoms with Crippen LogP contribution in [-0.2, 0) is 4.79 Å². The number of hydrogen-bond donors (Lipinski definition) is 1. The molecule has 4 heteroatoms. The van der Waals surface area contributed by atoms with Crippen LogP contribution < -0.4 is 5.73 Å². The van der Waals surface area contributed by atoms with Gasteiger partial charge >= 0.3 is 0 Å². The molecule has 0 spiro atoms. The first-order valence-corrected chi connectivity index (χ1v) is 9.38. The van der Waals surface area contributed by atoms with E-state index in [0.717, 1.165) is 39.0 Å². The molecule has 0 radical (unpaired) electrons. The SMILES string of the molecule is CC(C)N1CCC(C(=O)N2C[C@@H](CN)[C@H](c3ccccc3)C2)CC1. The number of hydrogen-bond acceptors (Lipinski definition) is 3. The molecular weight excluding hydrogens is 298 g/mol. The Balaban J connectivity index is 1.62. The topological polar surface area (TPSA) is 49.6 Å². The van der Waals surface area contributed by atoms with Gasteiger partial charge in [0.2, 0.25) is 5.91 Å². The molecule has 0 bridgehead atoms. The Bertz CT molecular complexity index is 537. The Morgan fingerprint density at radius 2 is 1.83 bits per heavy atom. The van der Waals surface area contributed by atoms with Gasteiger partial charge < -0.3 is 15.5 Å². The minimum absolute atomic E-state index is 0.202. The molecular formula is C20H31N3O. The van der Waals surface area contributed by atoms with E-state index >= 15 is 0 Å². The fourth-order valence-corrected chi connectivity index (χ4v) is 4.29. The molecule has 2 aliphatic rings. The molecule has 2 heterocycles. The molecule has 1 amide bonds. The normalized spacial score (nSPS) is 26.2. The van der Waals surface area contributed by atoms with Gasteiger partial charge in [-0.25, -0.2) is 0 Å². The molecule has 0 aromatic heterocycles. The number of benzene rings is 1. The average Bonchev–Trinajstić information content (AvgIpc) is 3.06. The van der Waals surface area contributed by atoms with E-state index in [9.17, 15) is 4.79 Å². The molecule has 1 aromatic rings. The molecule has 2 saturated heterocycles. The summed E-state index contributed by atoms with van der Waals surface area (Å²) < 4.78 is 0. The lowest BCUT2D eigenvalue weighted by atomic mass is 9.89. The lowest BCUT2D eigenvalue weighted by Crippen LogP contribution is -2.44. The highest BCUT2D eigenvalue weighted by Gasteiger charge is 2.38. The highest BCUT2D eigenvalue weighted by molar-refractivity contribution is 5.79. The minimum Gasteiger partial charge on any atom is -0.341 e. The zero-order valence-corrected chi connectivity index (χ0v) is 15.0. The fraction of sp³-hybridized carbons (Fsp3) is 0.650. The van der Waals surface area contributed by atoms with Gasteiger partial charge in [-0.15, -0.1) is 0 Å². The van der Waals surface area contributed by atoms with Crippen LogP contribution in [0.25, 0.3) is 0 Å². The predicted molar refractivity (Wildman–Crippen MR) is 97.7 cm³/mol. The largest absolute Gasteiger partial charge is 0.341 e. The van der Waals surface area contributed by atoms with Crippen LogP contribution >= 0.6 is 0 Å². The van der Waals surface area contributed by atoms with Gasteiger partial charge in [-0.2, -0.15) is 0 Å². The van der Waals surface area contributed by atoms with Crippen molar-refractivity contribution in [1.29, 1.82) is 0 Å². The Morgan fingerprint density at radius 3 is 2.42 bits per heavy atom. The average molecular weight is 329 g/mol. The molecule has 1 aromatic carbocycles. The third-order valence-electron chi connectivity index (χ3n) is 5.89. The van der Waals surface area contributed by atoms with Crippen LogP contribution in [0.15, 0.2) is 30.3 Å². The molecule has 4 nitrogen and oxygen atoms in total. The molecule has 24 heavy (non-hydrogen) atoms. The Kier molecular flexibility index (Phi) is 5.57. The first-order chi connectivity index (χ1) is 11.6. The second-order valence-electron chi connectivity index (χ2n) is 7.66. The number of likely N-dealkylation sites (tertiary alicyclic amines) is 2. The van der Waals surface area contributed by atoms with E-state index in [1.54, 1.807) is 0 Å². The Morgan fingerprint density at radius 1 is 1.17 bits per heavy atom. The van der Waals surface area contributed by atoms with Gasteiger partial charge in [-0.3, -0.25) is 4.79 Å². The van der Waals surface area contributed by atoms with Gasteiger partial charge in [-0.1, -0.05) is 30.3 Å². The van der Waals surface area contributed by atoms with Crippen LogP contribution in [0.5, 0.6) is 0 Å². The summed E-state index contributed by atoms with van der Waals surface area (Å²) in [6, 6.07) is 11.1. The summed E-state index contributed by atoms with van der Waals surface area (Å²) in [5.41, 5.74) is 7.33. The van der Waals surface area contributed by atoms with Crippen LogP contribution in [0.2, 0.25) is 0 Å². The van der Waals surface area contributed by atoms with Gasteiger partial charge in [0.05, 0.1) is 0 Å². The van der Waals surface area contributed by atoms with Crippen molar-refractivity contribution in [3.8, 4) is 0 Å². The quantitative estimate of drug-likeness (QED) is 0.922. The van der Waals surface area contributed by atoms with E-state index in [1.165, 1.54) is 5.56 Å². The smallest absolute Gasteiger partial charge is 0.225 e. The molecule has 3 rings (SSSR count). The second kappa shape index (κ2) is 7.66. The number of nitrogens with zero attached hydrogens (tertiary/aromatic N) is 2. The zero-order chi connectivity index (χ0) is 17.1. The van der Waals surface area contributed by atoms with Crippen molar-refractivity contribution in [1.82, 2.24) is 9.80 Å². The van der Waals surface area contributed by atoms with Crippen molar-refractivity contribution in [3.05, 3.63) is 35.9 Å². The van der Waals surface area contributed by atoms with E-state index in [0.29, 0.717) is 30.3 Å². The van der Waals surface area contributed by atoms with Crippen LogP contribution in [0.3, 0.4) is 0 Å². The van der Waals surface area contributed by atoms with Gasteiger partial charge in [0.15, 0.2) is 0 Å². The Labute approximate surface area is 146 Å². The second-order valence-corrected chi connectivity index (χ2v) is 7.66. The number of rotatable bonds is 4. The van der Waals surface area contributed by atoms with Gasteiger partial charge in [0.1, 0.15) is 0 Å². The van der Waals surface area contributed by atoms with E-state index in [4.69, 9.17) is 5.73 Å². The van der Waals surface area contributed by atoms with Crippen molar-refractivity contribution in [2.75, 3.05) is 32.7 Å². The molecule has 0 aliphatic carbocycles. The first-order valence-electron chi connectivity index (χ1n) is 9.38. The molecule has 132 valence electrons. The van der Waals surface area contributed by atoms with Crippen molar-refractivity contribution in [3.63, 3.8) is 0 Å². The lowest BCUT2D eigenvalue weighted by Gasteiger charge is -2.35. The summed E-state index contributed by atoms with van der Waals surface area (Å²) in [6.45, 7) is 8.86. The van der Waals surface area contributed by atoms with Crippen molar-refractivity contribution in [2.24, 2.45) is 17.6 Å². The molecule has 2 N–H and O–H groups in total. The maximum atomic E-state index is 13.0. The molecule has 2 aliphatic heterocycles. The van der Waals surface area contributed by atoms with Crippen LogP contribution in [0.4, 0.5) is 0 Å². The Hall–Kier alpha value is -1.39. The third kappa shape index (κ3) is 3.65. The summed E-state index contributed by atoms with van der Waals surface area (Å²) in [4.78, 5) is 17.5. The summed E-state index contributed by atoms with van der Waals surface area (Å²) in [7, 11) is 0. The van der Waals surface area contributed by atoms with Crippen LogP contribution in [0.1, 0.15) is 38.2 Å². The maximum absolute atomic E-state index is 13.0. The van der Waals surface area contributed by atoms with Crippen LogP contribution in [-0.4, -0.2) is 54.5 Å². The molecule has 2 atom stereocenters. The monoisotopic (exact) mass is 329 g/mol. The third-order valence-corrected chi connectivity index (χ3v) is 5.89. The number of amides is 1. The molecule has 0 unspecified atom stereocenters. The number of piperidine rings is 1. The number of carbonyl (C=O) groups is 1. The van der Waals surface area contributed by atoms with E-state index in [-0.39, 0.29) is 5.92 Å². The molecule has 0 saturated carbocycles. The summed E-state index contributed by atoms with van der Waals surface area (Å²) in [5, 5.41) is 0. The molecule has 2 fully saturated rings. The fourth-order valence-electron chi connectivity index (χ4n) is 4.29. The summed E-state index contributed by atoms with van der Waals surface area (Å²) in [6.07, 6.45) is 1.99. The summed E-state index contributed by atoms with van der Waals surface area (Å²) >= 11 is 0. The summed E-state index contributed by atoms with van der Waals surface area (Å²) in [5.74, 6) is 1.33. The number of nitrogens with two attached hydrogens (primary N) is 1. The van der Waals surface area contributed by atoms with Gasteiger partial charge in [0, 0.05) is 31.0 Å². The minimum atomic E-state index is 0.202. The van der Waals surface area contributed by atoms with Crippen molar-refractivity contribution >= 4 is 5.91 Å². The lowest BCUT2D eigenvalue weighted by molar-refractivity contribution is -0.136. The van der Waals surface area contributed by atoms with E-state index < -0.39 is 0 Å². The standard InChI is InChI=1S/C20H31N3O/c1-15(2)22-10-8-17(9-11-22)20(24)23-13-18(12-21)19(14-23)16-6-4-3-5-7-16/h3-7,15,17-19H,8-14,21H2,1-2H3/t18-,19+/m1/s1. The van der Waals surface area contributed by atoms with Gasteiger partial charge in [-0.05, 0) is 57.8 Å². The number of carbonyl (C=O) groups excluding carboxylic acids is 1. The first kappa shape index (κ1) is 17.4. The van der Waals surface area contributed by atoms with Gasteiger partial charge in [0.25, 0.3) is 0 Å². The van der Waals surface area contributed by atoms with E-state index in [2.05, 4.69) is 47.9 Å². The van der Waals surface area contributed by atoms with E-state index in [1.807, 2.05) is 6.07 Å².